The molecule has 64 valence electrons. The first-order valence-corrected chi connectivity index (χ1v) is 3.44. The molecule has 1 unspecified atom stereocenters. The highest BCUT2D eigenvalue weighted by molar-refractivity contribution is 5.79. The van der Waals surface area contributed by atoms with Gasteiger partial charge in [-0.2, -0.15) is 0 Å². The monoisotopic (exact) mass is 157 g/mol. The number of nitrogens with two attached hydrogens (primary N) is 1. The van der Waals surface area contributed by atoms with Crippen LogP contribution in [0.2, 0.25) is 0 Å². The predicted molar refractivity (Wildman–Crippen MR) is 44.6 cm³/mol. The molecule has 0 saturated carbocycles. The van der Waals surface area contributed by atoms with Gasteiger partial charge in [0.2, 0.25) is 5.91 Å². The maximum Gasteiger partial charge on any atom is 0.239 e. The lowest BCUT2D eigenvalue weighted by molar-refractivity contribution is -0.121. The molecule has 0 radical (unpaired) electrons. The van der Waals surface area contributed by atoms with Crippen molar-refractivity contribution < 1.29 is 4.79 Å². The van der Waals surface area contributed by atoms with Crippen molar-refractivity contribution in [2.45, 2.75) is 13.0 Å². The minimum absolute atomic E-state index is 0.264. The largest absolute Gasteiger partial charge is 0.393 e. The van der Waals surface area contributed by atoms with E-state index in [1.165, 1.54) is 0 Å². The van der Waals surface area contributed by atoms with Gasteiger partial charge in [0.1, 0.15) is 6.04 Å². The van der Waals surface area contributed by atoms with Crippen LogP contribution in [0, 0.1) is 0 Å². The summed E-state index contributed by atoms with van der Waals surface area (Å²) in [5.74, 6) is -0.326. The van der Waals surface area contributed by atoms with Gasteiger partial charge in [-0.1, -0.05) is 0 Å². The third-order valence-corrected chi connectivity index (χ3v) is 1.50. The van der Waals surface area contributed by atoms with Gasteiger partial charge in [-0.3, -0.25) is 4.79 Å². The fraction of sp³-hybridized carbons (Fsp3) is 0.571. The maximum absolute atomic E-state index is 10.6. The predicted octanol–water partition coefficient (Wildman–Crippen LogP) is -0.517. The molecule has 0 aliphatic heterocycles. The van der Waals surface area contributed by atoms with Crippen molar-refractivity contribution in [3.05, 3.63) is 12.4 Å². The molecule has 1 atom stereocenters. The molecular formula is C7H15N3O. The van der Waals surface area contributed by atoms with E-state index in [0.29, 0.717) is 0 Å². The third kappa shape index (κ3) is 3.50. The Kier molecular flexibility index (Phi) is 4.10. The number of likely N-dealkylation sites (N-methyl/N-ethyl adjacent to an activating group) is 1. The van der Waals surface area contributed by atoms with E-state index in [4.69, 9.17) is 5.73 Å². The molecular weight excluding hydrogens is 142 g/mol. The molecule has 4 nitrogen and oxygen atoms in total. The van der Waals surface area contributed by atoms with E-state index in [9.17, 15) is 4.79 Å². The standard InChI is InChI=1S/C7H15N3O/c1-6(7(8)11)10(3)5-4-9-2/h4-6,9H,1-3H3,(H2,8,11)/b5-4-. The Balaban J connectivity index is 3.91. The molecule has 0 aromatic rings. The molecule has 0 heterocycles. The van der Waals surface area contributed by atoms with Crippen LogP contribution in [-0.4, -0.2) is 30.9 Å². The first kappa shape index (κ1) is 9.81. The summed E-state index contributed by atoms with van der Waals surface area (Å²) in [6, 6.07) is -0.264. The minimum Gasteiger partial charge on any atom is -0.393 e. The molecule has 0 rings (SSSR count). The van der Waals surface area contributed by atoms with Gasteiger partial charge in [0.15, 0.2) is 0 Å². The summed E-state index contributed by atoms with van der Waals surface area (Å²) in [5.41, 5.74) is 5.07. The summed E-state index contributed by atoms with van der Waals surface area (Å²) in [4.78, 5) is 12.4. The number of nitrogens with one attached hydrogen (secondary N) is 1. The molecule has 0 spiro atoms. The fourth-order valence-electron chi connectivity index (χ4n) is 0.522. The highest BCUT2D eigenvalue weighted by Gasteiger charge is 2.10. The molecule has 0 aliphatic rings. The van der Waals surface area contributed by atoms with E-state index in [-0.39, 0.29) is 11.9 Å². The first-order valence-electron chi connectivity index (χ1n) is 3.44. The molecule has 0 aliphatic carbocycles. The minimum atomic E-state index is -0.326. The van der Waals surface area contributed by atoms with Crippen LogP contribution in [-0.2, 0) is 4.79 Å². The number of hydrogen-bond donors (Lipinski definition) is 2. The lowest BCUT2D eigenvalue weighted by atomic mass is 10.3. The molecule has 0 fully saturated rings. The normalized spacial score (nSPS) is 13.0. The SMILES string of the molecule is CN/C=C\N(C)C(C)C(N)=O. The van der Waals surface area contributed by atoms with Crippen LogP contribution in [0.4, 0.5) is 0 Å². The molecule has 1 amide bonds. The van der Waals surface area contributed by atoms with Gasteiger partial charge in [-0.05, 0) is 6.92 Å². The molecule has 0 aromatic carbocycles. The molecule has 3 N–H and O–H groups in total. The number of rotatable bonds is 4. The number of carbonyl (C=O) groups excluding carboxylic acids is 1. The van der Waals surface area contributed by atoms with Gasteiger partial charge < -0.3 is 16.0 Å². The van der Waals surface area contributed by atoms with Gasteiger partial charge in [0.25, 0.3) is 0 Å². The summed E-state index contributed by atoms with van der Waals surface area (Å²) < 4.78 is 0. The van der Waals surface area contributed by atoms with E-state index in [0.717, 1.165) is 0 Å². The second-order valence-corrected chi connectivity index (χ2v) is 2.35. The van der Waals surface area contributed by atoms with Crippen molar-refractivity contribution >= 4 is 5.91 Å². The number of carbonyl (C=O) groups is 1. The van der Waals surface area contributed by atoms with Crippen LogP contribution in [0.15, 0.2) is 12.4 Å². The molecule has 0 aromatic heterocycles. The number of nitrogens with zero attached hydrogens (tertiary/aromatic N) is 1. The zero-order valence-electron chi connectivity index (χ0n) is 7.16. The van der Waals surface area contributed by atoms with Crippen molar-refractivity contribution in [1.82, 2.24) is 10.2 Å². The molecule has 0 bridgehead atoms. The summed E-state index contributed by atoms with van der Waals surface area (Å²) in [7, 11) is 3.59. The van der Waals surface area contributed by atoms with E-state index < -0.39 is 0 Å². The van der Waals surface area contributed by atoms with Crippen LogP contribution in [0.25, 0.3) is 0 Å². The highest BCUT2D eigenvalue weighted by Crippen LogP contribution is 1.93. The lowest BCUT2D eigenvalue weighted by Crippen LogP contribution is -2.37. The van der Waals surface area contributed by atoms with Gasteiger partial charge in [-0.15, -0.1) is 0 Å². The summed E-state index contributed by atoms with van der Waals surface area (Å²) in [5, 5.41) is 2.82. The number of primary amides is 1. The van der Waals surface area contributed by atoms with Gasteiger partial charge >= 0.3 is 0 Å². The summed E-state index contributed by atoms with van der Waals surface area (Å²) >= 11 is 0. The van der Waals surface area contributed by atoms with Crippen LogP contribution in [0.1, 0.15) is 6.92 Å². The van der Waals surface area contributed by atoms with Crippen molar-refractivity contribution in [2.24, 2.45) is 5.73 Å². The zero-order valence-corrected chi connectivity index (χ0v) is 7.16. The van der Waals surface area contributed by atoms with Crippen molar-refractivity contribution in [1.29, 1.82) is 0 Å². The Morgan fingerprint density at radius 1 is 1.73 bits per heavy atom. The van der Waals surface area contributed by atoms with Crippen molar-refractivity contribution in [3.63, 3.8) is 0 Å². The Morgan fingerprint density at radius 3 is 2.64 bits per heavy atom. The quantitative estimate of drug-likeness (QED) is 0.577. The van der Waals surface area contributed by atoms with E-state index in [1.807, 2.05) is 0 Å². The fourth-order valence-corrected chi connectivity index (χ4v) is 0.522. The third-order valence-electron chi connectivity index (χ3n) is 1.50. The zero-order chi connectivity index (χ0) is 8.85. The van der Waals surface area contributed by atoms with Crippen LogP contribution in [0.5, 0.6) is 0 Å². The first-order chi connectivity index (χ1) is 5.09. The van der Waals surface area contributed by atoms with Crippen molar-refractivity contribution in [3.8, 4) is 0 Å². The summed E-state index contributed by atoms with van der Waals surface area (Å²) in [6.45, 7) is 1.75. The van der Waals surface area contributed by atoms with Crippen LogP contribution < -0.4 is 11.1 Å². The van der Waals surface area contributed by atoms with Crippen molar-refractivity contribution in [2.75, 3.05) is 14.1 Å². The average Bonchev–Trinajstić information content (AvgIpc) is 1.98. The molecule has 0 saturated heterocycles. The van der Waals surface area contributed by atoms with Crippen LogP contribution in [0.3, 0.4) is 0 Å². The Morgan fingerprint density at radius 2 is 2.27 bits per heavy atom. The van der Waals surface area contributed by atoms with Gasteiger partial charge in [0, 0.05) is 26.5 Å². The van der Waals surface area contributed by atoms with Gasteiger partial charge in [0.05, 0.1) is 0 Å². The second-order valence-electron chi connectivity index (χ2n) is 2.35. The highest BCUT2D eigenvalue weighted by atomic mass is 16.1. The topological polar surface area (TPSA) is 58.4 Å². The summed E-state index contributed by atoms with van der Waals surface area (Å²) in [6.07, 6.45) is 3.49. The average molecular weight is 157 g/mol. The maximum atomic E-state index is 10.6. The van der Waals surface area contributed by atoms with E-state index in [1.54, 1.807) is 38.3 Å². The molecule has 4 heteroatoms. The second kappa shape index (κ2) is 4.60. The van der Waals surface area contributed by atoms with Crippen LogP contribution >= 0.6 is 0 Å². The lowest BCUT2D eigenvalue weighted by Gasteiger charge is -2.19. The van der Waals surface area contributed by atoms with Gasteiger partial charge in [-0.25, -0.2) is 0 Å². The van der Waals surface area contributed by atoms with E-state index in [2.05, 4.69) is 5.32 Å². The number of hydrogen-bond acceptors (Lipinski definition) is 3. The Labute approximate surface area is 67.1 Å². The Bertz CT molecular complexity index is 156. The number of amides is 1. The van der Waals surface area contributed by atoms with E-state index >= 15 is 0 Å². The smallest absolute Gasteiger partial charge is 0.239 e. The Hall–Kier alpha value is -1.19. The molecule has 11 heavy (non-hydrogen) atoms.